The Balaban J connectivity index is 2.97. The summed E-state index contributed by atoms with van der Waals surface area (Å²) < 4.78 is 4.41. The topological polar surface area (TPSA) is 26.3 Å². The molecule has 0 aromatic carbocycles. The van der Waals surface area contributed by atoms with Gasteiger partial charge in [0.1, 0.15) is 6.61 Å². The third-order valence-corrected chi connectivity index (χ3v) is 2.38. The molecule has 15 heavy (non-hydrogen) atoms. The van der Waals surface area contributed by atoms with Gasteiger partial charge in [0.25, 0.3) is 0 Å². The summed E-state index contributed by atoms with van der Waals surface area (Å²) in [6.45, 7) is 4.00. The van der Waals surface area contributed by atoms with Crippen LogP contribution in [0.2, 0.25) is 0 Å². The lowest BCUT2D eigenvalue weighted by Crippen LogP contribution is -1.85. The van der Waals surface area contributed by atoms with Crippen LogP contribution >= 0.6 is 0 Å². The van der Waals surface area contributed by atoms with Crippen LogP contribution in [0.3, 0.4) is 0 Å². The molecule has 0 unspecified atom stereocenters. The lowest BCUT2D eigenvalue weighted by Gasteiger charge is -1.98. The first-order valence-corrected chi connectivity index (χ1v) is 6.05. The van der Waals surface area contributed by atoms with Gasteiger partial charge in [-0.1, -0.05) is 57.6 Å². The first kappa shape index (κ1) is 14.2. The van der Waals surface area contributed by atoms with Crippen molar-refractivity contribution in [1.29, 1.82) is 0 Å². The predicted octanol–water partition coefficient (Wildman–Crippen LogP) is 3.77. The molecule has 0 aliphatic heterocycles. The number of carbonyl (C=O) groups excluding carboxylic acids is 1. The van der Waals surface area contributed by atoms with Crippen molar-refractivity contribution in [2.24, 2.45) is 0 Å². The fraction of sp³-hybridized carbons (Fsp3) is 0.769. The summed E-state index contributed by atoms with van der Waals surface area (Å²) in [5.41, 5.74) is 0. The number of hydrogen-bond donors (Lipinski definition) is 0. The van der Waals surface area contributed by atoms with Crippen molar-refractivity contribution < 1.29 is 9.53 Å². The Morgan fingerprint density at radius 3 is 2.33 bits per heavy atom. The third-order valence-electron chi connectivity index (χ3n) is 2.38. The fourth-order valence-corrected chi connectivity index (χ4v) is 1.49. The molecule has 0 aromatic heterocycles. The van der Waals surface area contributed by atoms with E-state index in [1.165, 1.54) is 51.4 Å². The lowest BCUT2D eigenvalue weighted by atomic mass is 10.1. The summed E-state index contributed by atoms with van der Waals surface area (Å²) in [6.07, 6.45) is 14.4. The van der Waals surface area contributed by atoms with Crippen LogP contribution in [-0.2, 0) is 9.53 Å². The second-order valence-electron chi connectivity index (χ2n) is 3.78. The Labute approximate surface area is 93.7 Å². The van der Waals surface area contributed by atoms with Crippen molar-refractivity contribution in [2.75, 3.05) is 6.61 Å². The molecule has 0 saturated carbocycles. The second-order valence-corrected chi connectivity index (χ2v) is 3.78. The number of unbranched alkanes of at least 4 members (excludes halogenated alkanes) is 7. The molecule has 0 rings (SSSR count). The molecule has 0 atom stereocenters. The lowest BCUT2D eigenvalue weighted by molar-refractivity contribution is 0.313. The highest BCUT2D eigenvalue weighted by Crippen LogP contribution is 2.08. The number of ether oxygens (including phenoxy) is 1. The van der Waals surface area contributed by atoms with Crippen LogP contribution in [0.4, 0.5) is 0 Å². The summed E-state index contributed by atoms with van der Waals surface area (Å²) in [5, 5.41) is 0. The monoisotopic (exact) mass is 211 g/mol. The standard InChI is InChI=1S/C13H23O2/c1-2-3-4-5-6-7-8-9-10-11-12-15-13-14/h10-11H,2-9,12H2,1H3. The number of rotatable bonds is 11. The molecule has 0 saturated heterocycles. The second kappa shape index (κ2) is 13.2. The summed E-state index contributed by atoms with van der Waals surface area (Å²) in [4.78, 5) is 9.68. The van der Waals surface area contributed by atoms with Gasteiger partial charge in [-0.2, -0.15) is 0 Å². The Morgan fingerprint density at radius 2 is 1.67 bits per heavy atom. The third kappa shape index (κ3) is 13.2. The molecule has 2 nitrogen and oxygen atoms in total. The van der Waals surface area contributed by atoms with Gasteiger partial charge in [-0.3, -0.25) is 0 Å². The first-order valence-electron chi connectivity index (χ1n) is 6.05. The van der Waals surface area contributed by atoms with Gasteiger partial charge in [0.15, 0.2) is 0 Å². The van der Waals surface area contributed by atoms with E-state index in [0.29, 0.717) is 6.61 Å². The van der Waals surface area contributed by atoms with E-state index < -0.39 is 0 Å². The zero-order valence-corrected chi connectivity index (χ0v) is 9.84. The van der Waals surface area contributed by atoms with Crippen LogP contribution in [0.1, 0.15) is 58.3 Å². The molecular formula is C13H23O2. The summed E-state index contributed by atoms with van der Waals surface area (Å²) >= 11 is 0. The SMILES string of the molecule is CCCCCCCCCC=CCO[C]=O. The minimum atomic E-state index is 0.361. The Kier molecular flexibility index (Phi) is 12.5. The van der Waals surface area contributed by atoms with Gasteiger partial charge < -0.3 is 4.74 Å². The molecule has 0 N–H and O–H groups in total. The maximum Gasteiger partial charge on any atom is 0.417 e. The minimum Gasteiger partial charge on any atom is -0.453 e. The summed E-state index contributed by atoms with van der Waals surface area (Å²) in [7, 11) is 0. The van der Waals surface area contributed by atoms with E-state index >= 15 is 0 Å². The first-order chi connectivity index (χ1) is 7.41. The van der Waals surface area contributed by atoms with Crippen LogP contribution in [0.25, 0.3) is 0 Å². The minimum absolute atomic E-state index is 0.361. The van der Waals surface area contributed by atoms with Gasteiger partial charge in [0.05, 0.1) is 0 Å². The predicted molar refractivity (Wildman–Crippen MR) is 63.4 cm³/mol. The van der Waals surface area contributed by atoms with Crippen LogP contribution < -0.4 is 0 Å². The van der Waals surface area contributed by atoms with E-state index in [1.807, 2.05) is 6.08 Å². The zero-order chi connectivity index (χ0) is 11.2. The van der Waals surface area contributed by atoms with Crippen molar-refractivity contribution in [3.05, 3.63) is 12.2 Å². The van der Waals surface area contributed by atoms with Crippen molar-refractivity contribution in [1.82, 2.24) is 0 Å². The Hall–Kier alpha value is -0.790. The molecule has 0 fully saturated rings. The van der Waals surface area contributed by atoms with Gasteiger partial charge in [-0.25, -0.2) is 4.79 Å². The van der Waals surface area contributed by atoms with E-state index in [0.717, 1.165) is 6.42 Å². The molecule has 0 aliphatic rings. The summed E-state index contributed by atoms with van der Waals surface area (Å²) in [5.74, 6) is 0. The average Bonchev–Trinajstić information content (AvgIpc) is 2.26. The quantitative estimate of drug-likeness (QED) is 0.384. The van der Waals surface area contributed by atoms with Crippen molar-refractivity contribution >= 4 is 6.47 Å². The molecular weight excluding hydrogens is 188 g/mol. The Bertz CT molecular complexity index is 153. The number of allylic oxidation sites excluding steroid dienone is 1. The molecule has 2 heteroatoms. The van der Waals surface area contributed by atoms with Crippen molar-refractivity contribution in [3.63, 3.8) is 0 Å². The molecule has 0 amide bonds. The van der Waals surface area contributed by atoms with E-state index in [2.05, 4.69) is 17.7 Å². The molecule has 0 aliphatic carbocycles. The van der Waals surface area contributed by atoms with E-state index in [-0.39, 0.29) is 0 Å². The molecule has 1 radical (unpaired) electrons. The highest BCUT2D eigenvalue weighted by atomic mass is 16.5. The van der Waals surface area contributed by atoms with Crippen molar-refractivity contribution in [2.45, 2.75) is 58.3 Å². The number of hydrogen-bond acceptors (Lipinski definition) is 2. The van der Waals surface area contributed by atoms with Crippen LogP contribution in [0.5, 0.6) is 0 Å². The van der Waals surface area contributed by atoms with Crippen LogP contribution in [0, 0.1) is 0 Å². The van der Waals surface area contributed by atoms with Crippen LogP contribution in [-0.4, -0.2) is 13.1 Å². The van der Waals surface area contributed by atoms with Gasteiger partial charge in [-0.05, 0) is 12.8 Å². The molecule has 0 heterocycles. The molecule has 0 spiro atoms. The highest BCUT2D eigenvalue weighted by Gasteiger charge is 1.89. The van der Waals surface area contributed by atoms with E-state index in [9.17, 15) is 4.79 Å². The van der Waals surface area contributed by atoms with Gasteiger partial charge in [-0.15, -0.1) is 0 Å². The van der Waals surface area contributed by atoms with Gasteiger partial charge in [0, 0.05) is 0 Å². The van der Waals surface area contributed by atoms with Crippen LogP contribution in [0.15, 0.2) is 12.2 Å². The van der Waals surface area contributed by atoms with E-state index in [4.69, 9.17) is 0 Å². The average molecular weight is 211 g/mol. The molecule has 0 aromatic rings. The summed E-state index contributed by atoms with van der Waals surface area (Å²) in [6, 6.07) is 0. The van der Waals surface area contributed by atoms with Crippen molar-refractivity contribution in [3.8, 4) is 0 Å². The fourth-order valence-electron chi connectivity index (χ4n) is 1.49. The molecule has 87 valence electrons. The van der Waals surface area contributed by atoms with Gasteiger partial charge >= 0.3 is 6.47 Å². The highest BCUT2D eigenvalue weighted by molar-refractivity contribution is 5.38. The Morgan fingerprint density at radius 1 is 1.00 bits per heavy atom. The maximum atomic E-state index is 9.68. The molecule has 0 bridgehead atoms. The smallest absolute Gasteiger partial charge is 0.417 e. The normalized spacial score (nSPS) is 10.7. The van der Waals surface area contributed by atoms with E-state index in [1.54, 1.807) is 0 Å². The van der Waals surface area contributed by atoms with Gasteiger partial charge in [0.2, 0.25) is 0 Å². The maximum absolute atomic E-state index is 9.68. The largest absolute Gasteiger partial charge is 0.453 e. The zero-order valence-electron chi connectivity index (χ0n) is 9.84.